The molecule has 4 aliphatic rings. The van der Waals surface area contributed by atoms with Crippen LogP contribution < -0.4 is 11.1 Å². The monoisotopic (exact) mass is 846 g/mol. The number of nitrogens with zero attached hydrogens (tertiary/aromatic N) is 4. The van der Waals surface area contributed by atoms with Crippen molar-refractivity contribution in [1.29, 1.82) is 0 Å². The van der Waals surface area contributed by atoms with E-state index in [9.17, 15) is 32.3 Å². The number of piperidine rings is 3. The van der Waals surface area contributed by atoms with E-state index in [2.05, 4.69) is 17.1 Å². The van der Waals surface area contributed by atoms with E-state index in [1.807, 2.05) is 24.3 Å². The van der Waals surface area contributed by atoms with E-state index in [1.165, 1.54) is 11.0 Å². The molecule has 0 aromatic heterocycles. The van der Waals surface area contributed by atoms with Gasteiger partial charge in [-0.3, -0.25) is 9.59 Å². The number of hydrogen-bond donors (Lipinski definition) is 2. The average molecular weight is 847 g/mol. The Morgan fingerprint density at radius 1 is 0.898 bits per heavy atom. The van der Waals surface area contributed by atoms with Crippen LogP contribution in [0.15, 0.2) is 36.4 Å². The van der Waals surface area contributed by atoms with Crippen LogP contribution in [0.4, 0.5) is 34.1 Å². The van der Waals surface area contributed by atoms with Crippen LogP contribution in [0.2, 0.25) is 5.02 Å². The molecule has 3 fully saturated rings. The van der Waals surface area contributed by atoms with Gasteiger partial charge < -0.3 is 40.1 Å². The predicted molar refractivity (Wildman–Crippen MR) is 219 cm³/mol. The number of nitrogen functional groups attached to an aromatic ring is 1. The zero-order valence-corrected chi connectivity index (χ0v) is 34.7. The van der Waals surface area contributed by atoms with Crippen LogP contribution in [-0.4, -0.2) is 114 Å². The molecule has 1 atom stereocenters. The number of carbonyl (C=O) groups is 4. The second-order valence-electron chi connectivity index (χ2n) is 16.4. The number of unbranched alkanes of at least 4 members (excludes halogenated alkanes) is 3. The molecule has 0 unspecified atom stereocenters. The summed E-state index contributed by atoms with van der Waals surface area (Å²) in [6, 6.07) is 9.74. The Bertz CT molecular complexity index is 1780. The lowest BCUT2D eigenvalue weighted by Gasteiger charge is -2.42. The lowest BCUT2D eigenvalue weighted by molar-refractivity contribution is -0.145. The van der Waals surface area contributed by atoms with Gasteiger partial charge in [-0.15, -0.1) is 0 Å². The quantitative estimate of drug-likeness (QED) is 0.119. The Balaban J connectivity index is 1.04. The second-order valence-corrected chi connectivity index (χ2v) is 16.8. The summed E-state index contributed by atoms with van der Waals surface area (Å²) in [5, 5.41) is 2.68. The maximum Gasteiger partial charge on any atom is 0.418 e. The second kappa shape index (κ2) is 20.3. The zero-order valence-electron chi connectivity index (χ0n) is 34.0. The first-order valence-electron chi connectivity index (χ1n) is 21.2. The van der Waals surface area contributed by atoms with Crippen molar-refractivity contribution in [3.05, 3.63) is 58.1 Å². The summed E-state index contributed by atoms with van der Waals surface area (Å²) in [4.78, 5) is 60.7. The molecule has 0 spiro atoms. The minimum absolute atomic E-state index is 0.0627. The van der Waals surface area contributed by atoms with Gasteiger partial charge in [0.05, 0.1) is 22.9 Å². The lowest BCUT2D eigenvalue weighted by atomic mass is 9.91. The molecule has 12 nitrogen and oxygen atoms in total. The fourth-order valence-electron chi connectivity index (χ4n) is 8.90. The molecule has 2 aromatic rings. The molecule has 0 aliphatic carbocycles. The van der Waals surface area contributed by atoms with E-state index in [4.69, 9.17) is 26.8 Å². The molecular formula is C43H58ClF3N6O6. The van der Waals surface area contributed by atoms with Gasteiger partial charge in [-0.2, -0.15) is 13.2 Å². The molecule has 0 saturated carbocycles. The van der Waals surface area contributed by atoms with Crippen molar-refractivity contribution in [1.82, 2.24) is 19.6 Å². The van der Waals surface area contributed by atoms with Gasteiger partial charge in [0.2, 0.25) is 0 Å². The minimum atomic E-state index is -4.79. The minimum Gasteiger partial charge on any atom is -0.466 e. The highest BCUT2D eigenvalue weighted by atomic mass is 35.5. The summed E-state index contributed by atoms with van der Waals surface area (Å²) in [5.41, 5.74) is 5.86. The van der Waals surface area contributed by atoms with Crippen LogP contribution in [0.3, 0.4) is 0 Å². The number of para-hydroxylation sites is 1. The number of anilines is 2. The van der Waals surface area contributed by atoms with Crippen LogP contribution in [0.5, 0.6) is 0 Å². The van der Waals surface area contributed by atoms with Gasteiger partial charge in [0.15, 0.2) is 6.10 Å². The van der Waals surface area contributed by atoms with E-state index in [-0.39, 0.29) is 60.1 Å². The summed E-state index contributed by atoms with van der Waals surface area (Å²) >= 11 is 6.15. The Labute approximate surface area is 349 Å². The van der Waals surface area contributed by atoms with Crippen LogP contribution in [0.1, 0.15) is 94.2 Å². The molecule has 4 amide bonds. The highest BCUT2D eigenvalue weighted by Crippen LogP contribution is 2.38. The van der Waals surface area contributed by atoms with Gasteiger partial charge in [-0.25, -0.2) is 9.59 Å². The summed E-state index contributed by atoms with van der Waals surface area (Å²) in [6.45, 7) is 6.18. The van der Waals surface area contributed by atoms with Gasteiger partial charge in [-0.1, -0.05) is 56.0 Å². The molecule has 324 valence electrons. The number of likely N-dealkylation sites (tertiary alicyclic amines) is 3. The van der Waals surface area contributed by atoms with E-state index >= 15 is 0 Å². The van der Waals surface area contributed by atoms with Crippen LogP contribution in [-0.2, 0) is 38.1 Å². The summed E-state index contributed by atoms with van der Waals surface area (Å²) in [6.07, 6.45) is 2.24. The first kappa shape index (κ1) is 44.3. The fraction of sp³-hybridized carbons (Fsp3) is 0.628. The number of benzene rings is 2. The van der Waals surface area contributed by atoms with E-state index < -0.39 is 35.5 Å². The third kappa shape index (κ3) is 11.7. The summed E-state index contributed by atoms with van der Waals surface area (Å²) < 4.78 is 53.1. The number of ether oxygens (including phenoxy) is 2. The standard InChI is InChI=1S/C43H58ClF3N6O6/c1-2-3-4-7-24-58-38(54)28-29-10-17-50(18-11-29)32-13-19-51(20-14-32)40(55)37(27-30-25-34(43(45,46)47)39(48)35(44)26-30)59-42(57)52-21-15-33(16-22-52)53-23-12-31-8-5-6-9-36(31)49-41(53)56/h5-6,8-9,25-26,29,32-33,37H,2-4,7,10-24,27-28,48H2,1H3,(H,49,56)/t37-/m1/s1. The Hall–Kier alpha value is -4.24. The summed E-state index contributed by atoms with van der Waals surface area (Å²) in [7, 11) is 0. The molecule has 6 rings (SSSR count). The number of halogens is 4. The van der Waals surface area contributed by atoms with Crippen molar-refractivity contribution >= 4 is 47.0 Å². The normalized spacial score (nSPS) is 19.5. The number of amides is 4. The van der Waals surface area contributed by atoms with Crippen molar-refractivity contribution in [3.63, 3.8) is 0 Å². The molecule has 2 aromatic carbocycles. The highest BCUT2D eigenvalue weighted by Gasteiger charge is 2.39. The number of rotatable bonds is 13. The number of nitrogens with one attached hydrogen (secondary N) is 1. The third-order valence-corrected chi connectivity index (χ3v) is 12.7. The number of alkyl halides is 3. The molecule has 3 N–H and O–H groups in total. The third-order valence-electron chi connectivity index (χ3n) is 12.4. The van der Waals surface area contributed by atoms with Crippen LogP contribution in [0, 0.1) is 5.92 Å². The summed E-state index contributed by atoms with van der Waals surface area (Å²) in [5.74, 6) is -0.333. The Kier molecular flexibility index (Phi) is 15.3. The number of esters is 1. The number of urea groups is 1. The first-order valence-corrected chi connectivity index (χ1v) is 21.6. The smallest absolute Gasteiger partial charge is 0.418 e. The SMILES string of the molecule is CCCCCCOC(=O)CC1CCN(C2CCN(C(=O)[C@@H](Cc3cc(Cl)c(N)c(C(F)(F)F)c3)OC(=O)N3CCC(N4CCc5ccccc5NC4=O)CC3)CC2)CC1. The van der Waals surface area contributed by atoms with Gasteiger partial charge in [0.1, 0.15) is 0 Å². The van der Waals surface area contributed by atoms with Crippen molar-refractivity contribution < 1.29 is 41.8 Å². The zero-order chi connectivity index (χ0) is 42.1. The number of hydrogen-bond acceptors (Lipinski definition) is 8. The van der Waals surface area contributed by atoms with Crippen LogP contribution in [0.25, 0.3) is 0 Å². The lowest BCUT2D eigenvalue weighted by Crippen LogP contribution is -2.53. The first-order chi connectivity index (χ1) is 28.3. The molecule has 4 aliphatic heterocycles. The number of fused-ring (bicyclic) bond motifs is 1. The van der Waals surface area contributed by atoms with Gasteiger partial charge in [0, 0.05) is 63.3 Å². The highest BCUT2D eigenvalue weighted by molar-refractivity contribution is 6.33. The van der Waals surface area contributed by atoms with Gasteiger partial charge in [-0.05, 0) is 99.7 Å². The fourth-order valence-corrected chi connectivity index (χ4v) is 9.14. The largest absolute Gasteiger partial charge is 0.466 e. The van der Waals surface area contributed by atoms with E-state index in [0.717, 1.165) is 68.9 Å². The molecule has 0 radical (unpaired) electrons. The average Bonchev–Trinajstić information content (AvgIpc) is 3.39. The molecular weight excluding hydrogens is 789 g/mol. The Morgan fingerprint density at radius 3 is 2.27 bits per heavy atom. The Morgan fingerprint density at radius 2 is 1.58 bits per heavy atom. The molecule has 3 saturated heterocycles. The molecule has 16 heteroatoms. The predicted octanol–water partition coefficient (Wildman–Crippen LogP) is 7.76. The number of carbonyl (C=O) groups excluding carboxylic acids is 4. The maximum atomic E-state index is 14.2. The van der Waals surface area contributed by atoms with Gasteiger partial charge in [0.25, 0.3) is 5.91 Å². The van der Waals surface area contributed by atoms with Crippen molar-refractivity contribution in [2.75, 3.05) is 63.5 Å². The molecule has 4 heterocycles. The van der Waals surface area contributed by atoms with Crippen molar-refractivity contribution in [3.8, 4) is 0 Å². The van der Waals surface area contributed by atoms with Crippen LogP contribution >= 0.6 is 11.6 Å². The maximum absolute atomic E-state index is 14.2. The van der Waals surface area contributed by atoms with E-state index in [1.54, 1.807) is 9.80 Å². The van der Waals surface area contributed by atoms with Crippen molar-refractivity contribution in [2.45, 2.75) is 115 Å². The topological polar surface area (TPSA) is 138 Å². The van der Waals surface area contributed by atoms with Crippen molar-refractivity contribution in [2.24, 2.45) is 5.92 Å². The number of nitrogens with two attached hydrogens (primary N) is 1. The van der Waals surface area contributed by atoms with Gasteiger partial charge >= 0.3 is 24.3 Å². The van der Waals surface area contributed by atoms with E-state index in [0.29, 0.717) is 64.8 Å². The molecule has 0 bridgehead atoms. The molecule has 59 heavy (non-hydrogen) atoms.